The smallest absolute Gasteiger partial charge is 0.224 e. The fraction of sp³-hybridized carbons (Fsp3) is 0.111. The van der Waals surface area contributed by atoms with Crippen LogP contribution in [0.15, 0.2) is 18.2 Å². The standard InChI is InChI=1S/C9H6Cl2N2O.ClH/c1-14-6-4-2-3-5-7(6)12-9(11)13-8(5)10;/h2-4H,1H3;1H. The van der Waals surface area contributed by atoms with Crippen LogP contribution in [0.1, 0.15) is 0 Å². The zero-order valence-electron chi connectivity index (χ0n) is 7.70. The molecule has 0 spiro atoms. The van der Waals surface area contributed by atoms with Gasteiger partial charge in [0.15, 0.2) is 0 Å². The molecular weight excluding hydrogens is 258 g/mol. The van der Waals surface area contributed by atoms with Crippen molar-refractivity contribution in [3.8, 4) is 5.75 Å². The minimum absolute atomic E-state index is 0. The van der Waals surface area contributed by atoms with Gasteiger partial charge in [-0.25, -0.2) is 9.97 Å². The number of halogens is 3. The number of rotatable bonds is 1. The predicted molar refractivity (Wildman–Crippen MR) is 63.4 cm³/mol. The van der Waals surface area contributed by atoms with Crippen LogP contribution in [0.2, 0.25) is 10.4 Å². The van der Waals surface area contributed by atoms with Crippen molar-refractivity contribution in [2.24, 2.45) is 0 Å². The Labute approximate surface area is 103 Å². The summed E-state index contributed by atoms with van der Waals surface area (Å²) in [6.45, 7) is 0. The van der Waals surface area contributed by atoms with Gasteiger partial charge >= 0.3 is 0 Å². The van der Waals surface area contributed by atoms with Gasteiger partial charge in [0.1, 0.15) is 16.4 Å². The summed E-state index contributed by atoms with van der Waals surface area (Å²) in [6, 6.07) is 5.43. The number of hydrogen-bond acceptors (Lipinski definition) is 3. The summed E-state index contributed by atoms with van der Waals surface area (Å²) in [5.74, 6) is 0.633. The summed E-state index contributed by atoms with van der Waals surface area (Å²) in [4.78, 5) is 7.89. The lowest BCUT2D eigenvalue weighted by molar-refractivity contribution is 0.419. The fourth-order valence-electron chi connectivity index (χ4n) is 1.23. The van der Waals surface area contributed by atoms with Crippen LogP contribution in [-0.4, -0.2) is 17.1 Å². The Hall–Kier alpha value is -0.770. The largest absolute Gasteiger partial charge is 0.494 e. The predicted octanol–water partition coefficient (Wildman–Crippen LogP) is 3.37. The molecule has 0 aliphatic rings. The molecule has 1 aromatic heterocycles. The molecule has 0 saturated carbocycles. The zero-order valence-corrected chi connectivity index (χ0v) is 10.0. The normalized spacial score (nSPS) is 9.80. The Morgan fingerprint density at radius 2 is 1.93 bits per heavy atom. The molecule has 0 radical (unpaired) electrons. The molecule has 15 heavy (non-hydrogen) atoms. The zero-order chi connectivity index (χ0) is 10.1. The van der Waals surface area contributed by atoms with Crippen molar-refractivity contribution < 1.29 is 4.74 Å². The molecule has 80 valence electrons. The molecule has 2 aromatic rings. The van der Waals surface area contributed by atoms with E-state index in [1.807, 2.05) is 12.1 Å². The van der Waals surface area contributed by atoms with Crippen LogP contribution in [0.3, 0.4) is 0 Å². The van der Waals surface area contributed by atoms with Crippen molar-refractivity contribution in [1.82, 2.24) is 9.97 Å². The topological polar surface area (TPSA) is 35.0 Å². The van der Waals surface area contributed by atoms with E-state index in [2.05, 4.69) is 9.97 Å². The summed E-state index contributed by atoms with van der Waals surface area (Å²) in [5, 5.41) is 1.18. The third-order valence-electron chi connectivity index (χ3n) is 1.84. The highest BCUT2D eigenvalue weighted by Crippen LogP contribution is 2.28. The highest BCUT2D eigenvalue weighted by molar-refractivity contribution is 6.35. The minimum atomic E-state index is 0. The molecule has 0 N–H and O–H groups in total. The average molecular weight is 266 g/mol. The molecule has 6 heteroatoms. The quantitative estimate of drug-likeness (QED) is 0.586. The number of benzene rings is 1. The Kier molecular flexibility index (Phi) is 3.97. The van der Waals surface area contributed by atoms with Crippen LogP contribution in [0.25, 0.3) is 10.9 Å². The second-order valence-electron chi connectivity index (χ2n) is 2.64. The van der Waals surface area contributed by atoms with Gasteiger partial charge in [-0.3, -0.25) is 0 Å². The maximum atomic E-state index is 5.90. The number of para-hydroxylation sites is 1. The Morgan fingerprint density at radius 3 is 2.60 bits per heavy atom. The van der Waals surface area contributed by atoms with Crippen LogP contribution in [0.5, 0.6) is 5.75 Å². The summed E-state index contributed by atoms with van der Waals surface area (Å²) in [5.41, 5.74) is 0.625. The van der Waals surface area contributed by atoms with E-state index in [0.29, 0.717) is 16.4 Å². The second-order valence-corrected chi connectivity index (χ2v) is 3.34. The lowest BCUT2D eigenvalue weighted by Crippen LogP contribution is -1.90. The van der Waals surface area contributed by atoms with E-state index < -0.39 is 0 Å². The van der Waals surface area contributed by atoms with Gasteiger partial charge in [-0.05, 0) is 23.7 Å². The van der Waals surface area contributed by atoms with Crippen LogP contribution in [-0.2, 0) is 0 Å². The maximum absolute atomic E-state index is 5.90. The third-order valence-corrected chi connectivity index (χ3v) is 2.29. The highest BCUT2D eigenvalue weighted by Gasteiger charge is 2.08. The van der Waals surface area contributed by atoms with E-state index in [9.17, 15) is 0 Å². The Balaban J connectivity index is 0.00000112. The van der Waals surface area contributed by atoms with Crippen LogP contribution >= 0.6 is 35.6 Å². The van der Waals surface area contributed by atoms with E-state index in [0.717, 1.165) is 5.39 Å². The Bertz CT molecular complexity index is 490. The van der Waals surface area contributed by atoms with Crippen molar-refractivity contribution in [3.63, 3.8) is 0 Å². The molecule has 1 heterocycles. The summed E-state index contributed by atoms with van der Waals surface area (Å²) in [6.07, 6.45) is 0. The average Bonchev–Trinajstić information content (AvgIpc) is 2.17. The van der Waals surface area contributed by atoms with Crippen molar-refractivity contribution in [1.29, 1.82) is 0 Å². The molecule has 0 saturated heterocycles. The molecule has 0 aliphatic heterocycles. The summed E-state index contributed by atoms with van der Waals surface area (Å²) >= 11 is 11.6. The molecule has 0 bridgehead atoms. The number of nitrogens with zero attached hydrogens (tertiary/aromatic N) is 2. The monoisotopic (exact) mass is 264 g/mol. The molecule has 0 atom stereocenters. The van der Waals surface area contributed by atoms with Gasteiger partial charge in [-0.15, -0.1) is 12.4 Å². The lowest BCUT2D eigenvalue weighted by atomic mass is 10.2. The van der Waals surface area contributed by atoms with Crippen LogP contribution in [0.4, 0.5) is 0 Å². The molecule has 1 aromatic carbocycles. The number of methoxy groups -OCH3 is 1. The molecule has 0 unspecified atom stereocenters. The lowest BCUT2D eigenvalue weighted by Gasteiger charge is -2.04. The van der Waals surface area contributed by atoms with Gasteiger partial charge in [-0.1, -0.05) is 17.7 Å². The van der Waals surface area contributed by atoms with Gasteiger partial charge in [0.25, 0.3) is 0 Å². The summed E-state index contributed by atoms with van der Waals surface area (Å²) in [7, 11) is 1.57. The van der Waals surface area contributed by atoms with Gasteiger partial charge in [0.2, 0.25) is 5.28 Å². The first-order valence-electron chi connectivity index (χ1n) is 3.88. The fourth-order valence-corrected chi connectivity index (χ4v) is 1.67. The third kappa shape index (κ3) is 2.25. The maximum Gasteiger partial charge on any atom is 0.224 e. The molecule has 3 nitrogen and oxygen atoms in total. The first-order chi connectivity index (χ1) is 6.72. The van der Waals surface area contributed by atoms with Crippen LogP contribution in [0, 0.1) is 0 Å². The SMILES string of the molecule is COc1cccc2c(Cl)nc(Cl)nc12.Cl. The first kappa shape index (κ1) is 12.3. The minimum Gasteiger partial charge on any atom is -0.494 e. The van der Waals surface area contributed by atoms with E-state index in [1.54, 1.807) is 13.2 Å². The van der Waals surface area contributed by atoms with Gasteiger partial charge in [0, 0.05) is 5.39 Å². The van der Waals surface area contributed by atoms with E-state index in [1.165, 1.54) is 0 Å². The number of hydrogen-bond donors (Lipinski definition) is 0. The summed E-state index contributed by atoms with van der Waals surface area (Å²) < 4.78 is 5.13. The number of fused-ring (bicyclic) bond motifs is 1. The van der Waals surface area contributed by atoms with Crippen molar-refractivity contribution >= 4 is 46.5 Å². The van der Waals surface area contributed by atoms with E-state index in [4.69, 9.17) is 27.9 Å². The molecule has 0 amide bonds. The van der Waals surface area contributed by atoms with Gasteiger partial charge in [-0.2, -0.15) is 0 Å². The van der Waals surface area contributed by atoms with E-state index >= 15 is 0 Å². The molecule has 0 fully saturated rings. The molecule has 0 aliphatic carbocycles. The van der Waals surface area contributed by atoms with Gasteiger partial charge < -0.3 is 4.74 Å². The van der Waals surface area contributed by atoms with Crippen molar-refractivity contribution in [2.75, 3.05) is 7.11 Å². The van der Waals surface area contributed by atoms with Crippen LogP contribution < -0.4 is 4.74 Å². The highest BCUT2D eigenvalue weighted by atomic mass is 35.5. The van der Waals surface area contributed by atoms with Gasteiger partial charge in [0.05, 0.1) is 7.11 Å². The first-order valence-corrected chi connectivity index (χ1v) is 4.63. The Morgan fingerprint density at radius 1 is 1.20 bits per heavy atom. The molecular formula is C9H7Cl3N2O. The second kappa shape index (κ2) is 4.84. The van der Waals surface area contributed by atoms with Crippen molar-refractivity contribution in [2.45, 2.75) is 0 Å². The van der Waals surface area contributed by atoms with E-state index in [-0.39, 0.29) is 17.7 Å². The number of ether oxygens (including phenoxy) is 1. The number of aromatic nitrogens is 2. The molecule has 2 rings (SSSR count). The van der Waals surface area contributed by atoms with Crippen molar-refractivity contribution in [3.05, 3.63) is 28.6 Å².